The Balaban J connectivity index is 2.31. The van der Waals surface area contributed by atoms with Crippen molar-refractivity contribution >= 4 is 27.5 Å². The second-order valence-corrected chi connectivity index (χ2v) is 5.33. The summed E-state index contributed by atoms with van der Waals surface area (Å²) in [5.41, 5.74) is 1.35. The number of benzene rings is 2. The molecule has 4 nitrogen and oxygen atoms in total. The lowest BCUT2D eigenvalue weighted by molar-refractivity contribution is 0.0992. The molecule has 21 heavy (non-hydrogen) atoms. The third-order valence-electron chi connectivity index (χ3n) is 3.13. The van der Waals surface area contributed by atoms with E-state index in [-0.39, 0.29) is 5.91 Å². The van der Waals surface area contributed by atoms with Gasteiger partial charge in [-0.3, -0.25) is 4.79 Å². The number of carbonyl (C=O) groups excluding carboxylic acids is 1. The summed E-state index contributed by atoms with van der Waals surface area (Å²) < 4.78 is 11.3. The smallest absolute Gasteiger partial charge is 0.258 e. The second kappa shape index (κ2) is 6.63. The quantitative estimate of drug-likeness (QED) is 0.843. The summed E-state index contributed by atoms with van der Waals surface area (Å²) in [5, 5.41) is 0. The second-order valence-electron chi connectivity index (χ2n) is 4.41. The van der Waals surface area contributed by atoms with E-state index in [0.717, 1.165) is 10.2 Å². The van der Waals surface area contributed by atoms with Gasteiger partial charge in [-0.25, -0.2) is 0 Å². The van der Waals surface area contributed by atoms with Crippen LogP contribution in [0.5, 0.6) is 11.5 Å². The molecule has 0 saturated heterocycles. The molecule has 0 spiro atoms. The van der Waals surface area contributed by atoms with Crippen LogP contribution in [0.15, 0.2) is 46.9 Å². The molecular formula is C16H16BrNO3. The number of rotatable bonds is 4. The third kappa shape index (κ3) is 3.36. The van der Waals surface area contributed by atoms with E-state index in [4.69, 9.17) is 9.47 Å². The Morgan fingerprint density at radius 1 is 1.05 bits per heavy atom. The molecule has 0 aromatic heterocycles. The summed E-state index contributed by atoms with van der Waals surface area (Å²) in [6.45, 7) is 0. The molecule has 0 fully saturated rings. The van der Waals surface area contributed by atoms with Crippen LogP contribution in [0.4, 0.5) is 5.69 Å². The van der Waals surface area contributed by atoms with Crippen molar-refractivity contribution in [3.8, 4) is 11.5 Å². The standard InChI is InChI=1S/C16H16BrNO3/c1-18(13-6-4-5-12(17)10-13)16(19)11-7-8-14(20-2)15(9-11)21-3/h4-10H,1-3H3. The van der Waals surface area contributed by atoms with Crippen LogP contribution < -0.4 is 14.4 Å². The van der Waals surface area contributed by atoms with Gasteiger partial charge < -0.3 is 14.4 Å². The number of amides is 1. The van der Waals surface area contributed by atoms with Crippen molar-refractivity contribution in [1.29, 1.82) is 0 Å². The fraction of sp³-hybridized carbons (Fsp3) is 0.188. The van der Waals surface area contributed by atoms with Gasteiger partial charge in [-0.05, 0) is 36.4 Å². The van der Waals surface area contributed by atoms with E-state index < -0.39 is 0 Å². The molecule has 0 radical (unpaired) electrons. The first-order chi connectivity index (χ1) is 10.1. The highest BCUT2D eigenvalue weighted by atomic mass is 79.9. The van der Waals surface area contributed by atoms with E-state index in [1.807, 2.05) is 24.3 Å². The third-order valence-corrected chi connectivity index (χ3v) is 3.62. The number of ether oxygens (including phenoxy) is 2. The van der Waals surface area contributed by atoms with E-state index in [1.165, 1.54) is 0 Å². The number of methoxy groups -OCH3 is 2. The summed E-state index contributed by atoms with van der Waals surface area (Å²) in [4.78, 5) is 14.1. The van der Waals surface area contributed by atoms with Crippen molar-refractivity contribution in [2.24, 2.45) is 0 Å². The number of halogens is 1. The van der Waals surface area contributed by atoms with Gasteiger partial charge in [0.05, 0.1) is 14.2 Å². The van der Waals surface area contributed by atoms with Gasteiger partial charge in [0.2, 0.25) is 0 Å². The molecule has 0 heterocycles. The Labute approximate surface area is 132 Å². The maximum absolute atomic E-state index is 12.5. The zero-order valence-corrected chi connectivity index (χ0v) is 13.7. The molecule has 0 bridgehead atoms. The first-order valence-electron chi connectivity index (χ1n) is 6.32. The van der Waals surface area contributed by atoms with E-state index in [9.17, 15) is 4.79 Å². The van der Waals surface area contributed by atoms with Crippen LogP contribution in [0, 0.1) is 0 Å². The summed E-state index contributed by atoms with van der Waals surface area (Å²) in [6.07, 6.45) is 0. The lowest BCUT2D eigenvalue weighted by atomic mass is 10.1. The normalized spacial score (nSPS) is 10.1. The maximum atomic E-state index is 12.5. The maximum Gasteiger partial charge on any atom is 0.258 e. The fourth-order valence-electron chi connectivity index (χ4n) is 1.96. The lowest BCUT2D eigenvalue weighted by Crippen LogP contribution is -2.26. The number of hydrogen-bond acceptors (Lipinski definition) is 3. The highest BCUT2D eigenvalue weighted by molar-refractivity contribution is 9.10. The van der Waals surface area contributed by atoms with Crippen molar-refractivity contribution in [1.82, 2.24) is 0 Å². The average molecular weight is 350 g/mol. The molecule has 1 amide bonds. The molecule has 5 heteroatoms. The molecule has 0 unspecified atom stereocenters. The summed E-state index contributed by atoms with van der Waals surface area (Å²) >= 11 is 3.40. The largest absolute Gasteiger partial charge is 0.493 e. The van der Waals surface area contributed by atoms with E-state index in [0.29, 0.717) is 17.1 Å². The van der Waals surface area contributed by atoms with Gasteiger partial charge in [0.1, 0.15) is 0 Å². The van der Waals surface area contributed by atoms with Crippen molar-refractivity contribution in [2.75, 3.05) is 26.2 Å². The van der Waals surface area contributed by atoms with Crippen LogP contribution >= 0.6 is 15.9 Å². The van der Waals surface area contributed by atoms with Crippen LogP contribution in [0.25, 0.3) is 0 Å². The van der Waals surface area contributed by atoms with Crippen molar-refractivity contribution < 1.29 is 14.3 Å². The van der Waals surface area contributed by atoms with Crippen molar-refractivity contribution in [3.63, 3.8) is 0 Å². The molecule has 0 aliphatic heterocycles. The van der Waals surface area contributed by atoms with Crippen molar-refractivity contribution in [3.05, 3.63) is 52.5 Å². The van der Waals surface area contributed by atoms with E-state index in [1.54, 1.807) is 44.4 Å². The predicted octanol–water partition coefficient (Wildman–Crippen LogP) is 3.74. The molecular weight excluding hydrogens is 334 g/mol. The van der Waals surface area contributed by atoms with Gasteiger partial charge in [-0.2, -0.15) is 0 Å². The molecule has 2 aromatic carbocycles. The number of nitrogens with zero attached hydrogens (tertiary/aromatic N) is 1. The van der Waals surface area contributed by atoms with Gasteiger partial charge in [-0.1, -0.05) is 22.0 Å². The minimum Gasteiger partial charge on any atom is -0.493 e. The van der Waals surface area contributed by atoms with E-state index in [2.05, 4.69) is 15.9 Å². The summed E-state index contributed by atoms with van der Waals surface area (Å²) in [7, 11) is 4.85. The number of hydrogen-bond donors (Lipinski definition) is 0. The molecule has 0 aliphatic carbocycles. The molecule has 0 atom stereocenters. The van der Waals surface area contributed by atoms with Crippen LogP contribution in [-0.4, -0.2) is 27.2 Å². The monoisotopic (exact) mass is 349 g/mol. The molecule has 0 aliphatic rings. The zero-order valence-electron chi connectivity index (χ0n) is 12.1. The summed E-state index contributed by atoms with van der Waals surface area (Å²) in [6, 6.07) is 12.7. The first kappa shape index (κ1) is 15.4. The molecule has 110 valence electrons. The Bertz CT molecular complexity index is 658. The molecule has 0 N–H and O–H groups in total. The minimum absolute atomic E-state index is 0.117. The predicted molar refractivity (Wildman–Crippen MR) is 86.4 cm³/mol. The Hall–Kier alpha value is -2.01. The van der Waals surface area contributed by atoms with Gasteiger partial charge >= 0.3 is 0 Å². The van der Waals surface area contributed by atoms with Gasteiger partial charge in [0.15, 0.2) is 11.5 Å². The Kier molecular flexibility index (Phi) is 4.85. The van der Waals surface area contributed by atoms with E-state index >= 15 is 0 Å². The lowest BCUT2D eigenvalue weighted by Gasteiger charge is -2.18. The Morgan fingerprint density at radius 2 is 1.76 bits per heavy atom. The van der Waals surface area contributed by atoms with Crippen LogP contribution in [-0.2, 0) is 0 Å². The van der Waals surface area contributed by atoms with Crippen LogP contribution in [0.2, 0.25) is 0 Å². The first-order valence-corrected chi connectivity index (χ1v) is 7.11. The SMILES string of the molecule is COc1ccc(C(=O)N(C)c2cccc(Br)c2)cc1OC. The number of anilines is 1. The number of carbonyl (C=O) groups is 1. The van der Waals surface area contributed by atoms with Crippen LogP contribution in [0.1, 0.15) is 10.4 Å². The molecule has 2 aromatic rings. The molecule has 0 saturated carbocycles. The van der Waals surface area contributed by atoms with Gasteiger partial charge in [0.25, 0.3) is 5.91 Å². The minimum atomic E-state index is -0.117. The fourth-order valence-corrected chi connectivity index (χ4v) is 2.35. The van der Waals surface area contributed by atoms with Crippen molar-refractivity contribution in [2.45, 2.75) is 0 Å². The highest BCUT2D eigenvalue weighted by Gasteiger charge is 2.16. The van der Waals surface area contributed by atoms with Gasteiger partial charge in [0, 0.05) is 22.8 Å². The highest BCUT2D eigenvalue weighted by Crippen LogP contribution is 2.29. The summed E-state index contributed by atoms with van der Waals surface area (Å²) in [5.74, 6) is 1.01. The molecule has 2 rings (SSSR count). The Morgan fingerprint density at radius 3 is 2.38 bits per heavy atom. The van der Waals surface area contributed by atoms with Gasteiger partial charge in [-0.15, -0.1) is 0 Å². The topological polar surface area (TPSA) is 38.8 Å². The van der Waals surface area contributed by atoms with Crippen LogP contribution in [0.3, 0.4) is 0 Å². The average Bonchev–Trinajstić information content (AvgIpc) is 2.52. The zero-order chi connectivity index (χ0) is 15.4.